The Balaban J connectivity index is 1.65. The highest BCUT2D eigenvalue weighted by Gasteiger charge is 2.13. The molecule has 0 aliphatic carbocycles. The van der Waals surface area contributed by atoms with E-state index >= 15 is 0 Å². The van der Waals surface area contributed by atoms with E-state index in [0.717, 1.165) is 41.8 Å². The molecule has 7 nitrogen and oxygen atoms in total. The van der Waals surface area contributed by atoms with Crippen LogP contribution in [-0.2, 0) is 17.3 Å². The molecule has 8 heteroatoms. The maximum atomic E-state index is 12.1. The smallest absolute Gasteiger partial charge is 0.218 e. The topological polar surface area (TPSA) is 99.6 Å². The number of rotatable bonds is 6. The number of nitrogen functional groups attached to an aromatic ring is 1. The molecule has 0 aromatic carbocycles. The molecular weight excluding hydrogens is 324 g/mol. The zero-order chi connectivity index (χ0) is 17.1. The quantitative estimate of drug-likeness (QED) is 0.542. The fraction of sp³-hybridized carbons (Fsp3) is 0.375. The minimum atomic E-state index is -1.15. The molecule has 3 rings (SSSR count). The van der Waals surface area contributed by atoms with E-state index in [1.54, 1.807) is 24.7 Å². The molecule has 0 amide bonds. The van der Waals surface area contributed by atoms with Crippen LogP contribution >= 0.6 is 0 Å². The summed E-state index contributed by atoms with van der Waals surface area (Å²) in [6, 6.07) is 1.72. The maximum absolute atomic E-state index is 12.1. The number of anilines is 1. The number of hydrogen-bond donors (Lipinski definition) is 1. The van der Waals surface area contributed by atoms with Crippen LogP contribution in [0.3, 0.4) is 0 Å². The van der Waals surface area contributed by atoms with Crippen LogP contribution in [0.4, 0.5) is 5.82 Å². The second kappa shape index (κ2) is 7.04. The van der Waals surface area contributed by atoms with Crippen LogP contribution in [0.1, 0.15) is 24.2 Å². The number of unbranched alkanes of at least 4 members (excludes halogenated alkanes) is 1. The first-order valence-corrected chi connectivity index (χ1v) is 9.13. The number of hydrogen-bond acceptors (Lipinski definition) is 6. The van der Waals surface area contributed by atoms with E-state index in [2.05, 4.69) is 24.5 Å². The van der Waals surface area contributed by atoms with Gasteiger partial charge < -0.3 is 10.3 Å². The van der Waals surface area contributed by atoms with Gasteiger partial charge in [0.2, 0.25) is 5.16 Å². The molecule has 0 fully saturated rings. The van der Waals surface area contributed by atoms with E-state index in [1.807, 2.05) is 13.8 Å². The van der Waals surface area contributed by atoms with Crippen molar-refractivity contribution in [1.29, 1.82) is 0 Å². The Kier molecular flexibility index (Phi) is 4.84. The predicted molar refractivity (Wildman–Crippen MR) is 94.0 cm³/mol. The van der Waals surface area contributed by atoms with Gasteiger partial charge in [-0.15, -0.1) is 0 Å². The maximum Gasteiger partial charge on any atom is 0.218 e. The van der Waals surface area contributed by atoms with Crippen LogP contribution in [0.25, 0.3) is 11.0 Å². The molecule has 3 heterocycles. The summed E-state index contributed by atoms with van der Waals surface area (Å²) in [5.74, 6) is 1.93. The van der Waals surface area contributed by atoms with E-state index in [4.69, 9.17) is 5.73 Å². The van der Waals surface area contributed by atoms with Gasteiger partial charge in [0.15, 0.2) is 5.82 Å². The lowest BCUT2D eigenvalue weighted by molar-refractivity contribution is 0.624. The molecule has 0 saturated carbocycles. The molecule has 0 spiro atoms. The molecule has 0 radical (unpaired) electrons. The zero-order valence-electron chi connectivity index (χ0n) is 13.8. The molecule has 0 aliphatic rings. The van der Waals surface area contributed by atoms with Gasteiger partial charge >= 0.3 is 0 Å². The summed E-state index contributed by atoms with van der Waals surface area (Å²) in [6.07, 6.45) is 6.72. The number of nitrogens with two attached hydrogens (primary N) is 1. The van der Waals surface area contributed by atoms with E-state index in [1.165, 1.54) is 0 Å². The summed E-state index contributed by atoms with van der Waals surface area (Å²) in [7, 11) is -1.15. The molecule has 0 aliphatic heterocycles. The van der Waals surface area contributed by atoms with Crippen molar-refractivity contribution in [3.05, 3.63) is 36.0 Å². The average Bonchev–Trinajstić information content (AvgIpc) is 2.93. The van der Waals surface area contributed by atoms with E-state index in [0.29, 0.717) is 16.7 Å². The van der Waals surface area contributed by atoms with Crippen LogP contribution in [0.2, 0.25) is 0 Å². The number of fused-ring (bicyclic) bond motifs is 1. The molecule has 126 valence electrons. The van der Waals surface area contributed by atoms with Crippen molar-refractivity contribution in [3.63, 3.8) is 0 Å². The molecule has 1 atom stereocenters. The highest BCUT2D eigenvalue weighted by Crippen LogP contribution is 2.23. The lowest BCUT2D eigenvalue weighted by Crippen LogP contribution is -2.06. The van der Waals surface area contributed by atoms with Crippen LogP contribution in [0.15, 0.2) is 29.8 Å². The van der Waals surface area contributed by atoms with Gasteiger partial charge in [-0.3, -0.25) is 4.21 Å². The second-order valence-electron chi connectivity index (χ2n) is 5.62. The van der Waals surface area contributed by atoms with Crippen molar-refractivity contribution in [1.82, 2.24) is 24.5 Å². The van der Waals surface area contributed by atoms with Gasteiger partial charge in [0.1, 0.15) is 11.3 Å². The fourth-order valence-corrected chi connectivity index (χ4v) is 3.71. The Bertz CT molecular complexity index is 877. The Hall–Kier alpha value is -2.35. The van der Waals surface area contributed by atoms with Crippen molar-refractivity contribution in [2.24, 2.45) is 0 Å². The summed E-state index contributed by atoms with van der Waals surface area (Å²) < 4.78 is 14.3. The average molecular weight is 344 g/mol. The standard InChI is InChI=1S/C16H20N6OS/c1-11-10-20-15(17)13-14(11)22(12(2)21-13)8-3-4-9-24(23)16-18-6-5-7-19-16/h5-7,10H,3-4,8-9H2,1-2H3,(H2,17,20). The molecule has 1 unspecified atom stereocenters. The third kappa shape index (κ3) is 3.28. The first kappa shape index (κ1) is 16.5. The minimum Gasteiger partial charge on any atom is -0.382 e. The highest BCUT2D eigenvalue weighted by atomic mass is 32.2. The third-order valence-electron chi connectivity index (χ3n) is 3.88. The summed E-state index contributed by atoms with van der Waals surface area (Å²) in [4.78, 5) is 16.8. The predicted octanol–water partition coefficient (Wildman–Crippen LogP) is 2.01. The van der Waals surface area contributed by atoms with Gasteiger partial charge in [-0.2, -0.15) is 0 Å². The molecule has 2 N–H and O–H groups in total. The van der Waals surface area contributed by atoms with Crippen molar-refractivity contribution < 1.29 is 4.21 Å². The monoisotopic (exact) mass is 344 g/mol. The minimum absolute atomic E-state index is 0.399. The number of nitrogens with zero attached hydrogens (tertiary/aromatic N) is 5. The van der Waals surface area contributed by atoms with Gasteiger partial charge in [0.25, 0.3) is 0 Å². The summed E-state index contributed by atoms with van der Waals surface area (Å²) in [5.41, 5.74) is 8.77. The van der Waals surface area contributed by atoms with Crippen molar-refractivity contribution in [3.8, 4) is 0 Å². The molecular formula is C16H20N6OS. The van der Waals surface area contributed by atoms with Gasteiger partial charge in [-0.05, 0) is 38.3 Å². The first-order valence-electron chi connectivity index (χ1n) is 7.81. The largest absolute Gasteiger partial charge is 0.382 e. The Labute approximate surface area is 142 Å². The van der Waals surface area contributed by atoms with Crippen molar-refractivity contribution in [2.75, 3.05) is 11.5 Å². The lowest BCUT2D eigenvalue weighted by Gasteiger charge is -2.08. The van der Waals surface area contributed by atoms with E-state index in [-0.39, 0.29) is 0 Å². The van der Waals surface area contributed by atoms with Crippen LogP contribution < -0.4 is 5.73 Å². The van der Waals surface area contributed by atoms with Crippen LogP contribution in [0.5, 0.6) is 0 Å². The lowest BCUT2D eigenvalue weighted by atomic mass is 10.2. The van der Waals surface area contributed by atoms with E-state index < -0.39 is 10.8 Å². The molecule has 3 aromatic heterocycles. The van der Waals surface area contributed by atoms with E-state index in [9.17, 15) is 4.21 Å². The molecule has 0 bridgehead atoms. The number of imidazole rings is 1. The molecule has 3 aromatic rings. The Morgan fingerprint density at radius 1 is 1.17 bits per heavy atom. The highest BCUT2D eigenvalue weighted by molar-refractivity contribution is 7.84. The van der Waals surface area contributed by atoms with Crippen molar-refractivity contribution >= 4 is 27.7 Å². The summed E-state index contributed by atoms with van der Waals surface area (Å²) >= 11 is 0. The number of aryl methyl sites for hydroxylation is 3. The van der Waals surface area contributed by atoms with Gasteiger partial charge in [-0.25, -0.2) is 19.9 Å². The second-order valence-corrected chi connectivity index (χ2v) is 7.09. The molecule has 24 heavy (non-hydrogen) atoms. The van der Waals surface area contributed by atoms with Gasteiger partial charge in [-0.1, -0.05) is 0 Å². The number of aromatic nitrogens is 5. The van der Waals surface area contributed by atoms with Crippen LogP contribution in [0, 0.1) is 13.8 Å². The van der Waals surface area contributed by atoms with Crippen LogP contribution in [-0.4, -0.2) is 34.5 Å². The SMILES string of the molecule is Cc1cnc(N)c2nc(C)n(CCCCS(=O)c3ncccn3)c12. The summed E-state index contributed by atoms with van der Waals surface area (Å²) in [5, 5.41) is 0.399. The van der Waals surface area contributed by atoms with Crippen molar-refractivity contribution in [2.45, 2.75) is 38.4 Å². The third-order valence-corrected chi connectivity index (χ3v) is 5.16. The first-order chi connectivity index (χ1) is 11.6. The molecule has 0 saturated heterocycles. The normalized spacial score (nSPS) is 12.6. The van der Waals surface area contributed by atoms with Gasteiger partial charge in [0, 0.05) is 30.9 Å². The Morgan fingerprint density at radius 3 is 2.67 bits per heavy atom. The number of pyridine rings is 1. The summed E-state index contributed by atoms with van der Waals surface area (Å²) in [6.45, 7) is 4.78. The fourth-order valence-electron chi connectivity index (χ4n) is 2.70. The Morgan fingerprint density at radius 2 is 1.92 bits per heavy atom. The zero-order valence-corrected chi connectivity index (χ0v) is 14.6. The van der Waals surface area contributed by atoms with Gasteiger partial charge in [0.05, 0.1) is 16.3 Å².